The molecule has 0 aliphatic carbocycles. The molecule has 25 heavy (non-hydrogen) atoms. The summed E-state index contributed by atoms with van der Waals surface area (Å²) in [5.41, 5.74) is 1.18. The quantitative estimate of drug-likeness (QED) is 0.842. The normalized spacial score (nSPS) is 23.0. The van der Waals surface area contributed by atoms with Gasteiger partial charge in [-0.05, 0) is 42.8 Å². The van der Waals surface area contributed by atoms with Gasteiger partial charge in [0.25, 0.3) is 5.91 Å². The third kappa shape index (κ3) is 2.71. The van der Waals surface area contributed by atoms with Gasteiger partial charge < -0.3 is 14.4 Å². The second kappa shape index (κ2) is 5.72. The third-order valence-corrected chi connectivity index (χ3v) is 5.35. The van der Waals surface area contributed by atoms with Crippen LogP contribution < -0.4 is 4.90 Å². The van der Waals surface area contributed by atoms with Crippen molar-refractivity contribution in [2.45, 2.75) is 12.8 Å². The summed E-state index contributed by atoms with van der Waals surface area (Å²) >= 11 is 0. The van der Waals surface area contributed by atoms with Gasteiger partial charge in [-0.2, -0.15) is 0 Å². The fraction of sp³-hybridized carbons (Fsp3) is 0.368. The van der Waals surface area contributed by atoms with Crippen LogP contribution in [-0.4, -0.2) is 40.9 Å². The van der Waals surface area contributed by atoms with E-state index in [0.717, 1.165) is 12.1 Å². The van der Waals surface area contributed by atoms with E-state index in [1.807, 2.05) is 34.8 Å². The minimum absolute atomic E-state index is 0.0112. The maximum atomic E-state index is 13.1. The van der Waals surface area contributed by atoms with Gasteiger partial charge in [0.15, 0.2) is 0 Å². The topological polar surface area (TPSA) is 45.6 Å². The summed E-state index contributed by atoms with van der Waals surface area (Å²) in [6, 6.07) is 9.68. The molecular formula is C19H20FN3O2. The molecule has 1 aromatic heterocycles. The van der Waals surface area contributed by atoms with E-state index in [1.54, 1.807) is 17.0 Å². The first kappa shape index (κ1) is 15.9. The number of aromatic nitrogens is 1. The Bertz CT molecular complexity index is 829. The molecule has 0 bridgehead atoms. The molecule has 2 amide bonds. The number of benzene rings is 1. The Kier molecular flexibility index (Phi) is 3.63. The smallest absolute Gasteiger partial charge is 0.270 e. The van der Waals surface area contributed by atoms with Crippen molar-refractivity contribution >= 4 is 17.5 Å². The molecule has 0 N–H and O–H groups in total. The van der Waals surface area contributed by atoms with Crippen LogP contribution in [0, 0.1) is 11.2 Å². The average molecular weight is 341 g/mol. The minimum Gasteiger partial charge on any atom is -0.347 e. The van der Waals surface area contributed by atoms with E-state index < -0.39 is 0 Å². The lowest BCUT2D eigenvalue weighted by atomic mass is 9.86. The van der Waals surface area contributed by atoms with E-state index in [0.29, 0.717) is 31.7 Å². The second-order valence-corrected chi connectivity index (χ2v) is 7.11. The van der Waals surface area contributed by atoms with Crippen molar-refractivity contribution in [2.24, 2.45) is 12.5 Å². The number of likely N-dealkylation sites (tertiary alicyclic amines) is 1. The van der Waals surface area contributed by atoms with Crippen molar-refractivity contribution in [3.05, 3.63) is 54.1 Å². The molecule has 2 aliphatic rings. The Morgan fingerprint density at radius 3 is 2.60 bits per heavy atom. The monoisotopic (exact) mass is 341 g/mol. The number of nitrogens with zero attached hydrogens (tertiary/aromatic N) is 3. The van der Waals surface area contributed by atoms with E-state index in [1.165, 1.54) is 12.1 Å². The molecule has 1 spiro atoms. The Labute approximate surface area is 145 Å². The molecule has 1 unspecified atom stereocenters. The first-order valence-electron chi connectivity index (χ1n) is 8.44. The maximum absolute atomic E-state index is 13.1. The average Bonchev–Trinajstić information content (AvgIpc) is 3.28. The fourth-order valence-corrected chi connectivity index (χ4v) is 3.98. The van der Waals surface area contributed by atoms with Crippen molar-refractivity contribution in [1.29, 1.82) is 0 Å². The van der Waals surface area contributed by atoms with Gasteiger partial charge in [0.1, 0.15) is 11.5 Å². The van der Waals surface area contributed by atoms with Gasteiger partial charge >= 0.3 is 0 Å². The number of anilines is 1. The minimum atomic E-state index is -0.315. The zero-order chi connectivity index (χ0) is 17.6. The molecule has 0 saturated carbocycles. The summed E-state index contributed by atoms with van der Waals surface area (Å²) in [6.45, 7) is 1.82. The number of hydrogen-bond donors (Lipinski definition) is 0. The second-order valence-electron chi connectivity index (χ2n) is 7.11. The molecule has 130 valence electrons. The molecule has 0 radical (unpaired) electrons. The van der Waals surface area contributed by atoms with Gasteiger partial charge in [-0.15, -0.1) is 0 Å². The highest BCUT2D eigenvalue weighted by atomic mass is 19.1. The fourth-order valence-electron chi connectivity index (χ4n) is 3.98. The molecule has 2 fully saturated rings. The van der Waals surface area contributed by atoms with Crippen LogP contribution in [0.3, 0.4) is 0 Å². The van der Waals surface area contributed by atoms with E-state index in [-0.39, 0.29) is 23.0 Å². The first-order valence-corrected chi connectivity index (χ1v) is 8.44. The van der Waals surface area contributed by atoms with Gasteiger partial charge in [-0.25, -0.2) is 4.39 Å². The Morgan fingerprint density at radius 2 is 1.92 bits per heavy atom. The van der Waals surface area contributed by atoms with E-state index >= 15 is 0 Å². The molecule has 1 atom stereocenters. The van der Waals surface area contributed by atoms with Crippen molar-refractivity contribution in [3.63, 3.8) is 0 Å². The summed E-state index contributed by atoms with van der Waals surface area (Å²) in [7, 11) is 1.86. The number of carbonyl (C=O) groups is 2. The van der Waals surface area contributed by atoms with Gasteiger partial charge in [0.05, 0.1) is 0 Å². The molecule has 5 nitrogen and oxygen atoms in total. The van der Waals surface area contributed by atoms with Crippen molar-refractivity contribution in [1.82, 2.24) is 9.47 Å². The van der Waals surface area contributed by atoms with Crippen molar-refractivity contribution in [2.75, 3.05) is 24.5 Å². The van der Waals surface area contributed by atoms with Crippen LogP contribution in [0.4, 0.5) is 10.1 Å². The lowest BCUT2D eigenvalue weighted by Crippen LogP contribution is -2.34. The molecule has 6 heteroatoms. The molecule has 4 rings (SSSR count). The predicted molar refractivity (Wildman–Crippen MR) is 91.7 cm³/mol. The van der Waals surface area contributed by atoms with Gasteiger partial charge in [0.2, 0.25) is 5.91 Å². The molecule has 2 aliphatic heterocycles. The highest BCUT2D eigenvalue weighted by molar-refractivity contribution is 5.97. The summed E-state index contributed by atoms with van der Waals surface area (Å²) in [5, 5.41) is 0. The Morgan fingerprint density at radius 1 is 1.16 bits per heavy atom. The highest BCUT2D eigenvalue weighted by Crippen LogP contribution is 2.42. The van der Waals surface area contributed by atoms with Crippen LogP contribution in [0.1, 0.15) is 23.3 Å². The molecule has 1 aromatic carbocycles. The van der Waals surface area contributed by atoms with Crippen LogP contribution in [0.2, 0.25) is 0 Å². The molecular weight excluding hydrogens is 321 g/mol. The number of amides is 2. The van der Waals surface area contributed by atoms with Gasteiger partial charge in [0, 0.05) is 50.4 Å². The van der Waals surface area contributed by atoms with Crippen LogP contribution in [0.15, 0.2) is 42.6 Å². The van der Waals surface area contributed by atoms with Gasteiger partial charge in [-0.1, -0.05) is 0 Å². The number of carbonyl (C=O) groups excluding carboxylic acids is 2. The molecule has 2 saturated heterocycles. The number of halogens is 1. The van der Waals surface area contributed by atoms with E-state index in [9.17, 15) is 14.0 Å². The zero-order valence-electron chi connectivity index (χ0n) is 14.1. The first-order chi connectivity index (χ1) is 12.0. The van der Waals surface area contributed by atoms with Crippen LogP contribution in [0.5, 0.6) is 0 Å². The Balaban J connectivity index is 1.51. The summed E-state index contributed by atoms with van der Waals surface area (Å²) < 4.78 is 14.9. The Hall–Kier alpha value is -2.63. The summed E-state index contributed by atoms with van der Waals surface area (Å²) in [4.78, 5) is 28.8. The number of hydrogen-bond acceptors (Lipinski definition) is 2. The lowest BCUT2D eigenvalue weighted by molar-refractivity contribution is -0.117. The van der Waals surface area contributed by atoms with Crippen molar-refractivity contribution < 1.29 is 14.0 Å². The lowest BCUT2D eigenvalue weighted by Gasteiger charge is -2.24. The SMILES string of the molecule is Cn1cccc1C(=O)N1CCC2(CC(=O)N(c3ccc(F)cc3)C2)C1. The largest absolute Gasteiger partial charge is 0.347 e. The summed E-state index contributed by atoms with van der Waals surface area (Å²) in [6.07, 6.45) is 3.10. The molecule has 2 aromatic rings. The van der Waals surface area contributed by atoms with E-state index in [4.69, 9.17) is 0 Å². The van der Waals surface area contributed by atoms with Crippen LogP contribution in [-0.2, 0) is 11.8 Å². The molecule has 3 heterocycles. The maximum Gasteiger partial charge on any atom is 0.270 e. The number of aryl methyl sites for hydroxylation is 1. The number of rotatable bonds is 2. The highest BCUT2D eigenvalue weighted by Gasteiger charge is 2.49. The van der Waals surface area contributed by atoms with Crippen LogP contribution >= 0.6 is 0 Å². The zero-order valence-corrected chi connectivity index (χ0v) is 14.1. The van der Waals surface area contributed by atoms with E-state index in [2.05, 4.69) is 0 Å². The summed E-state index contributed by atoms with van der Waals surface area (Å²) in [5.74, 6) is -0.262. The van der Waals surface area contributed by atoms with Crippen molar-refractivity contribution in [3.8, 4) is 0 Å². The van der Waals surface area contributed by atoms with Gasteiger partial charge in [-0.3, -0.25) is 9.59 Å². The standard InChI is InChI=1S/C19H20FN3O2/c1-21-9-2-3-16(21)18(25)22-10-8-19(12-22)11-17(24)23(13-19)15-6-4-14(20)5-7-15/h2-7,9H,8,10-13H2,1H3. The predicted octanol–water partition coefficient (Wildman–Crippen LogP) is 2.43. The van der Waals surface area contributed by atoms with Crippen LogP contribution in [0.25, 0.3) is 0 Å². The third-order valence-electron chi connectivity index (χ3n) is 5.35.